The molecule has 9 rings (SSSR count). The van der Waals surface area contributed by atoms with E-state index in [4.69, 9.17) is 33.5 Å². The minimum Gasteiger partial charge on any atom is -0.374 e. The Bertz CT molecular complexity index is 2390. The summed E-state index contributed by atoms with van der Waals surface area (Å²) in [7, 11) is 0. The van der Waals surface area contributed by atoms with Crippen LogP contribution in [0.3, 0.4) is 0 Å². The molecule has 2 aliphatic rings. The van der Waals surface area contributed by atoms with Gasteiger partial charge in [-0.1, -0.05) is 153 Å². The normalized spacial score (nSPS) is 21.2. The van der Waals surface area contributed by atoms with Crippen molar-refractivity contribution in [2.45, 2.75) is 83.0 Å². The smallest absolute Gasteiger partial charge is 0.226 e. The second-order valence-electron chi connectivity index (χ2n) is 15.4. The molecule has 1 N–H and O–H groups in total. The Morgan fingerprint density at radius 1 is 0.610 bits per heavy atom. The Balaban J connectivity index is 1.13. The molecule has 1 fully saturated rings. The molecule has 0 saturated carbocycles. The molecular formula is C51H50N2O6. The Morgan fingerprint density at radius 2 is 1.15 bits per heavy atom. The number of benzene rings is 6. The number of ether oxygens (including phenoxy) is 6. The molecule has 0 unspecified atom stereocenters. The molecule has 1 spiro atoms. The predicted molar refractivity (Wildman–Crippen MR) is 227 cm³/mol. The van der Waals surface area contributed by atoms with Gasteiger partial charge in [0.25, 0.3) is 0 Å². The Hall–Kier alpha value is -5.45. The zero-order valence-corrected chi connectivity index (χ0v) is 33.4. The number of aromatic amines is 1. The molecule has 59 heavy (non-hydrogen) atoms. The summed E-state index contributed by atoms with van der Waals surface area (Å²) < 4.78 is 42.0. The van der Waals surface area contributed by atoms with E-state index in [1.807, 2.05) is 72.8 Å². The van der Waals surface area contributed by atoms with Crippen LogP contribution in [0.4, 0.5) is 0 Å². The van der Waals surface area contributed by atoms with Gasteiger partial charge in [0.1, 0.15) is 24.4 Å². The first-order valence-electron chi connectivity index (χ1n) is 20.6. The molecule has 5 atom stereocenters. The first-order chi connectivity index (χ1) is 29.1. The molecule has 8 nitrogen and oxygen atoms in total. The number of H-pyrrole nitrogens is 1. The van der Waals surface area contributed by atoms with Gasteiger partial charge in [-0.05, 0) is 57.5 Å². The van der Waals surface area contributed by atoms with Crippen molar-refractivity contribution in [3.05, 3.63) is 208 Å². The average Bonchev–Trinajstić information content (AvgIpc) is 3.85. The van der Waals surface area contributed by atoms with E-state index in [0.29, 0.717) is 39.5 Å². The van der Waals surface area contributed by atoms with Crippen LogP contribution < -0.4 is 0 Å². The molecule has 0 amide bonds. The second-order valence-corrected chi connectivity index (χ2v) is 15.4. The number of fused-ring (bicyclic) bond motifs is 3. The average molecular weight is 787 g/mol. The number of hydrogen-bond donors (Lipinski definition) is 1. The summed E-state index contributed by atoms with van der Waals surface area (Å²) in [6.45, 7) is 4.15. The largest absolute Gasteiger partial charge is 0.374 e. The van der Waals surface area contributed by atoms with E-state index in [1.54, 1.807) is 0 Å². The summed E-state index contributed by atoms with van der Waals surface area (Å²) in [5.41, 5.74) is 10.5. The van der Waals surface area contributed by atoms with Crippen molar-refractivity contribution in [3.8, 4) is 0 Å². The van der Waals surface area contributed by atoms with Crippen molar-refractivity contribution in [2.24, 2.45) is 0 Å². The number of aromatic nitrogens is 2. The van der Waals surface area contributed by atoms with Crippen molar-refractivity contribution < 1.29 is 28.4 Å². The van der Waals surface area contributed by atoms with Crippen LogP contribution in [0.15, 0.2) is 158 Å². The minimum atomic E-state index is -1.36. The standard InChI is InChI=1S/C51H50N2O6/c1-2-36-23-25-37(26-24-36)27-45-43-29-44-42(28-46(43)53-52-45)34-58-51(44)50(57-33-41-21-13-6-14-22-41)49(56-32-40-19-11-5-12-20-40)48(55-31-39-17-9-4-10-18-39)47(59-51)35-54-30-38-15-7-3-8-16-38/h3-26,28-29,47-50H,2,27,30-35H2,1H3,(H,52,53)/t47-,48-,49+,50-,51+/m1/s1. The van der Waals surface area contributed by atoms with E-state index < -0.39 is 30.2 Å². The van der Waals surface area contributed by atoms with Gasteiger partial charge in [0, 0.05) is 17.4 Å². The van der Waals surface area contributed by atoms with E-state index in [-0.39, 0.29) is 6.61 Å². The lowest BCUT2D eigenvalue weighted by Crippen LogP contribution is -2.65. The summed E-state index contributed by atoms with van der Waals surface area (Å²) in [6.07, 6.45) is -0.882. The van der Waals surface area contributed by atoms with Gasteiger partial charge in [0.2, 0.25) is 5.79 Å². The van der Waals surface area contributed by atoms with Crippen LogP contribution in [0.2, 0.25) is 0 Å². The number of rotatable bonds is 16. The van der Waals surface area contributed by atoms with Gasteiger partial charge >= 0.3 is 0 Å². The first-order valence-corrected chi connectivity index (χ1v) is 20.6. The Kier molecular flexibility index (Phi) is 12.1. The quantitative estimate of drug-likeness (QED) is 0.104. The maximum Gasteiger partial charge on any atom is 0.226 e. The van der Waals surface area contributed by atoms with Crippen molar-refractivity contribution in [3.63, 3.8) is 0 Å². The van der Waals surface area contributed by atoms with Gasteiger partial charge < -0.3 is 28.4 Å². The van der Waals surface area contributed by atoms with Crippen LogP contribution >= 0.6 is 0 Å². The molecule has 1 saturated heterocycles. The van der Waals surface area contributed by atoms with Crippen molar-refractivity contribution >= 4 is 10.9 Å². The van der Waals surface area contributed by atoms with Crippen LogP contribution in [-0.4, -0.2) is 41.2 Å². The van der Waals surface area contributed by atoms with Gasteiger partial charge in [-0.3, -0.25) is 5.10 Å². The molecule has 8 heteroatoms. The van der Waals surface area contributed by atoms with E-state index in [9.17, 15) is 0 Å². The first kappa shape index (κ1) is 39.0. The summed E-state index contributed by atoms with van der Waals surface area (Å²) in [5, 5.41) is 9.15. The highest BCUT2D eigenvalue weighted by Crippen LogP contribution is 2.50. The van der Waals surface area contributed by atoms with E-state index in [0.717, 1.165) is 56.4 Å². The molecule has 6 aromatic carbocycles. The summed E-state index contributed by atoms with van der Waals surface area (Å²) in [4.78, 5) is 0. The minimum absolute atomic E-state index is 0.234. The Morgan fingerprint density at radius 3 is 1.75 bits per heavy atom. The lowest BCUT2D eigenvalue weighted by Gasteiger charge is -2.51. The maximum atomic E-state index is 7.39. The summed E-state index contributed by atoms with van der Waals surface area (Å²) >= 11 is 0. The fourth-order valence-electron chi connectivity index (χ4n) is 8.26. The number of nitrogens with zero attached hydrogens (tertiary/aromatic N) is 1. The fourth-order valence-corrected chi connectivity index (χ4v) is 8.26. The zero-order valence-electron chi connectivity index (χ0n) is 33.4. The lowest BCUT2D eigenvalue weighted by atomic mass is 9.86. The maximum absolute atomic E-state index is 7.39. The molecule has 3 heterocycles. The third kappa shape index (κ3) is 8.80. The third-order valence-corrected chi connectivity index (χ3v) is 11.4. The van der Waals surface area contributed by atoms with Gasteiger partial charge in [-0.2, -0.15) is 5.10 Å². The third-order valence-electron chi connectivity index (χ3n) is 11.4. The Labute approximate surface area is 346 Å². The van der Waals surface area contributed by atoms with Gasteiger partial charge in [-0.15, -0.1) is 0 Å². The molecule has 300 valence electrons. The zero-order chi connectivity index (χ0) is 39.9. The van der Waals surface area contributed by atoms with E-state index in [1.165, 1.54) is 11.1 Å². The molecular weight excluding hydrogens is 737 g/mol. The lowest BCUT2D eigenvalue weighted by molar-refractivity contribution is -0.387. The topological polar surface area (TPSA) is 84.1 Å². The summed E-state index contributed by atoms with van der Waals surface area (Å²) in [5.74, 6) is -1.36. The molecule has 0 radical (unpaired) electrons. The van der Waals surface area contributed by atoms with Crippen LogP contribution in [0.1, 0.15) is 57.1 Å². The number of nitrogens with one attached hydrogen (secondary N) is 1. The SMILES string of the molecule is CCc1ccc(Cc2n[nH]c3cc4c(cc23)[C@]2(OC4)O[C@H](COCc3ccccc3)[C@@H](OCc3ccccc3)[C@H](OCc3ccccc3)[C@H]2OCc2ccccc2)cc1. The van der Waals surface area contributed by atoms with Crippen LogP contribution in [-0.2, 0) is 80.1 Å². The highest BCUT2D eigenvalue weighted by atomic mass is 16.7. The molecule has 7 aromatic rings. The van der Waals surface area contributed by atoms with Crippen molar-refractivity contribution in [1.29, 1.82) is 0 Å². The van der Waals surface area contributed by atoms with Crippen molar-refractivity contribution in [1.82, 2.24) is 10.2 Å². The molecule has 0 aliphatic carbocycles. The predicted octanol–water partition coefficient (Wildman–Crippen LogP) is 9.77. The number of aryl methyl sites for hydroxylation is 1. The highest BCUT2D eigenvalue weighted by Gasteiger charge is 2.61. The highest BCUT2D eigenvalue weighted by molar-refractivity contribution is 5.84. The van der Waals surface area contributed by atoms with E-state index in [2.05, 4.69) is 97.0 Å². The molecule has 2 aliphatic heterocycles. The van der Waals surface area contributed by atoms with Crippen LogP contribution in [0.25, 0.3) is 10.9 Å². The van der Waals surface area contributed by atoms with E-state index >= 15 is 0 Å². The van der Waals surface area contributed by atoms with Gasteiger partial charge in [0.05, 0.1) is 50.9 Å². The number of hydrogen-bond acceptors (Lipinski definition) is 7. The molecule has 0 bridgehead atoms. The summed E-state index contributed by atoms with van der Waals surface area (Å²) in [6, 6.07) is 53.9. The van der Waals surface area contributed by atoms with Crippen LogP contribution in [0, 0.1) is 0 Å². The van der Waals surface area contributed by atoms with Crippen molar-refractivity contribution in [2.75, 3.05) is 6.61 Å². The van der Waals surface area contributed by atoms with Gasteiger partial charge in [-0.25, -0.2) is 0 Å². The van der Waals surface area contributed by atoms with Crippen LogP contribution in [0.5, 0.6) is 0 Å². The van der Waals surface area contributed by atoms with Gasteiger partial charge in [0.15, 0.2) is 0 Å². The molecule has 1 aromatic heterocycles. The monoisotopic (exact) mass is 786 g/mol. The fraction of sp³-hybridized carbons (Fsp3) is 0.275. The second kappa shape index (κ2) is 18.2.